The number of hydrogen-bond donors (Lipinski definition) is 1. The minimum Gasteiger partial charge on any atom is -0.340 e. The number of rotatable bonds is 2. The first-order valence-corrected chi connectivity index (χ1v) is 10.4. The number of amides is 2. The number of hydrogen-bond acceptors (Lipinski definition) is 4. The van der Waals surface area contributed by atoms with Gasteiger partial charge in [-0.15, -0.1) is 0 Å². The molecule has 2 fully saturated rings. The Morgan fingerprint density at radius 3 is 2.56 bits per heavy atom. The zero-order valence-electron chi connectivity index (χ0n) is 14.4. The third-order valence-corrected chi connectivity index (χ3v) is 6.67. The summed E-state index contributed by atoms with van der Waals surface area (Å²) in [6.07, 6.45) is 3.14. The number of nitrogens with one attached hydrogen (secondary N) is 1. The van der Waals surface area contributed by atoms with Crippen molar-refractivity contribution in [2.24, 2.45) is 0 Å². The van der Waals surface area contributed by atoms with E-state index in [2.05, 4.69) is 22.0 Å². The highest BCUT2D eigenvalue weighted by Gasteiger charge is 2.34. The Balaban J connectivity index is 1.36. The van der Waals surface area contributed by atoms with Gasteiger partial charge in [0.25, 0.3) is 5.91 Å². The molecule has 3 heterocycles. The van der Waals surface area contributed by atoms with Crippen LogP contribution in [0.2, 0.25) is 0 Å². The summed E-state index contributed by atoms with van der Waals surface area (Å²) >= 11 is 2.05. The zero-order valence-corrected chi connectivity index (χ0v) is 15.3. The quantitative estimate of drug-likeness (QED) is 0.867. The van der Waals surface area contributed by atoms with E-state index in [4.69, 9.17) is 0 Å². The van der Waals surface area contributed by atoms with Gasteiger partial charge < -0.3 is 10.2 Å². The molecule has 0 saturated carbocycles. The molecule has 0 radical (unpaired) electrons. The van der Waals surface area contributed by atoms with E-state index < -0.39 is 6.04 Å². The summed E-state index contributed by atoms with van der Waals surface area (Å²) < 4.78 is 0. The number of carbonyl (C=O) groups excluding carboxylic acids is 2. The van der Waals surface area contributed by atoms with Crippen molar-refractivity contribution in [2.45, 2.75) is 31.3 Å². The summed E-state index contributed by atoms with van der Waals surface area (Å²) in [5.74, 6) is 2.47. The second-order valence-corrected chi connectivity index (χ2v) is 8.32. The largest absolute Gasteiger partial charge is 0.340 e. The van der Waals surface area contributed by atoms with Crippen molar-refractivity contribution in [3.05, 3.63) is 35.4 Å². The predicted octanol–water partition coefficient (Wildman–Crippen LogP) is 1.38. The SMILES string of the molecule is O=C1N[C@@H](C(=O)N2CCN(C3CCSCC3)CC2)Cc2ccccc21. The summed E-state index contributed by atoms with van der Waals surface area (Å²) in [6, 6.07) is 7.85. The second kappa shape index (κ2) is 7.38. The van der Waals surface area contributed by atoms with Gasteiger partial charge in [-0.25, -0.2) is 0 Å². The Labute approximate surface area is 153 Å². The van der Waals surface area contributed by atoms with Crippen molar-refractivity contribution in [3.63, 3.8) is 0 Å². The molecule has 2 amide bonds. The number of carbonyl (C=O) groups is 2. The highest BCUT2D eigenvalue weighted by atomic mass is 32.2. The topological polar surface area (TPSA) is 52.7 Å². The molecular formula is C19H25N3O2S. The van der Waals surface area contributed by atoms with Crippen LogP contribution in [0.15, 0.2) is 24.3 Å². The van der Waals surface area contributed by atoms with Crippen LogP contribution in [0.4, 0.5) is 0 Å². The van der Waals surface area contributed by atoms with Gasteiger partial charge in [0, 0.05) is 44.2 Å². The average Bonchev–Trinajstić information content (AvgIpc) is 2.68. The lowest BCUT2D eigenvalue weighted by molar-refractivity contribution is -0.135. The standard InChI is InChI=1S/C19H25N3O2S/c23-18-16-4-2-1-3-14(16)13-17(20-18)19(24)22-9-7-21(8-10-22)15-5-11-25-12-6-15/h1-4,15,17H,5-13H2,(H,20,23)/t17-/m1/s1. The van der Waals surface area contributed by atoms with Gasteiger partial charge in [-0.3, -0.25) is 14.5 Å². The van der Waals surface area contributed by atoms with E-state index in [0.717, 1.165) is 31.7 Å². The Bertz CT molecular complexity index is 652. The first-order chi connectivity index (χ1) is 12.2. The van der Waals surface area contributed by atoms with Crippen molar-refractivity contribution in [3.8, 4) is 0 Å². The van der Waals surface area contributed by atoms with E-state index in [1.807, 2.05) is 29.2 Å². The third-order valence-electron chi connectivity index (χ3n) is 5.62. The molecule has 1 aromatic rings. The Kier molecular flexibility index (Phi) is 4.99. The highest BCUT2D eigenvalue weighted by Crippen LogP contribution is 2.23. The molecule has 3 aliphatic rings. The van der Waals surface area contributed by atoms with Gasteiger partial charge in [0.1, 0.15) is 6.04 Å². The molecule has 0 aromatic heterocycles. The van der Waals surface area contributed by atoms with Gasteiger partial charge in [0.05, 0.1) is 0 Å². The first kappa shape index (κ1) is 16.9. The van der Waals surface area contributed by atoms with Gasteiger partial charge in [0.15, 0.2) is 0 Å². The Morgan fingerprint density at radius 1 is 1.08 bits per heavy atom. The van der Waals surface area contributed by atoms with Crippen LogP contribution in [0.25, 0.3) is 0 Å². The number of fused-ring (bicyclic) bond motifs is 1. The van der Waals surface area contributed by atoms with Gasteiger partial charge in [-0.05, 0) is 36.0 Å². The normalized spacial score (nSPS) is 25.4. The fourth-order valence-corrected chi connectivity index (χ4v) is 5.24. The monoisotopic (exact) mass is 359 g/mol. The van der Waals surface area contributed by atoms with Crippen molar-refractivity contribution < 1.29 is 9.59 Å². The molecule has 0 aliphatic carbocycles. The lowest BCUT2D eigenvalue weighted by Gasteiger charge is -2.41. The maximum atomic E-state index is 12.9. The number of piperazine rings is 1. The average molecular weight is 359 g/mol. The summed E-state index contributed by atoms with van der Waals surface area (Å²) in [4.78, 5) is 29.6. The zero-order chi connectivity index (χ0) is 17.2. The van der Waals surface area contributed by atoms with Crippen molar-refractivity contribution in [1.82, 2.24) is 15.1 Å². The predicted molar refractivity (Wildman–Crippen MR) is 99.9 cm³/mol. The van der Waals surface area contributed by atoms with Crippen LogP contribution >= 0.6 is 11.8 Å². The second-order valence-electron chi connectivity index (χ2n) is 7.09. The summed E-state index contributed by atoms with van der Waals surface area (Å²) in [5.41, 5.74) is 1.68. The van der Waals surface area contributed by atoms with Gasteiger partial charge in [0.2, 0.25) is 5.91 Å². The van der Waals surface area contributed by atoms with Crippen LogP contribution < -0.4 is 5.32 Å². The van der Waals surface area contributed by atoms with E-state index in [1.54, 1.807) is 0 Å². The maximum absolute atomic E-state index is 12.9. The third kappa shape index (κ3) is 3.55. The molecule has 1 aromatic carbocycles. The number of thioether (sulfide) groups is 1. The van der Waals surface area contributed by atoms with Crippen LogP contribution in [0, 0.1) is 0 Å². The van der Waals surface area contributed by atoms with Crippen molar-refractivity contribution in [2.75, 3.05) is 37.7 Å². The molecule has 25 heavy (non-hydrogen) atoms. The Morgan fingerprint density at radius 2 is 1.80 bits per heavy atom. The molecule has 5 nitrogen and oxygen atoms in total. The molecule has 1 atom stereocenters. The molecule has 4 rings (SSSR count). The lowest BCUT2D eigenvalue weighted by atomic mass is 9.94. The van der Waals surface area contributed by atoms with Crippen LogP contribution in [-0.2, 0) is 11.2 Å². The lowest BCUT2D eigenvalue weighted by Crippen LogP contribution is -2.58. The minimum absolute atomic E-state index is 0.0710. The molecule has 134 valence electrons. The summed E-state index contributed by atoms with van der Waals surface area (Å²) in [7, 11) is 0. The maximum Gasteiger partial charge on any atom is 0.252 e. The molecule has 0 bridgehead atoms. The molecule has 2 saturated heterocycles. The number of nitrogens with zero attached hydrogens (tertiary/aromatic N) is 2. The summed E-state index contributed by atoms with van der Waals surface area (Å²) in [5, 5.41) is 2.90. The fraction of sp³-hybridized carbons (Fsp3) is 0.579. The highest BCUT2D eigenvalue weighted by molar-refractivity contribution is 7.99. The van der Waals surface area contributed by atoms with Crippen molar-refractivity contribution >= 4 is 23.6 Å². The van der Waals surface area contributed by atoms with E-state index in [-0.39, 0.29) is 11.8 Å². The van der Waals surface area contributed by atoms with Crippen LogP contribution in [-0.4, -0.2) is 71.4 Å². The summed E-state index contributed by atoms with van der Waals surface area (Å²) in [6.45, 7) is 3.46. The van der Waals surface area contributed by atoms with E-state index in [0.29, 0.717) is 18.0 Å². The molecule has 1 N–H and O–H groups in total. The van der Waals surface area contributed by atoms with E-state index in [1.165, 1.54) is 24.3 Å². The van der Waals surface area contributed by atoms with Crippen LogP contribution in [0.5, 0.6) is 0 Å². The minimum atomic E-state index is -0.417. The molecular weight excluding hydrogens is 334 g/mol. The van der Waals surface area contributed by atoms with Crippen LogP contribution in [0.3, 0.4) is 0 Å². The van der Waals surface area contributed by atoms with Crippen LogP contribution in [0.1, 0.15) is 28.8 Å². The fourth-order valence-electron chi connectivity index (χ4n) is 4.15. The van der Waals surface area contributed by atoms with Gasteiger partial charge >= 0.3 is 0 Å². The Hall–Kier alpha value is -1.53. The molecule has 0 spiro atoms. The molecule has 0 unspecified atom stereocenters. The molecule has 6 heteroatoms. The first-order valence-electron chi connectivity index (χ1n) is 9.22. The van der Waals surface area contributed by atoms with E-state index >= 15 is 0 Å². The number of benzene rings is 1. The van der Waals surface area contributed by atoms with Gasteiger partial charge in [-0.2, -0.15) is 11.8 Å². The van der Waals surface area contributed by atoms with E-state index in [9.17, 15) is 9.59 Å². The smallest absolute Gasteiger partial charge is 0.252 e. The van der Waals surface area contributed by atoms with Gasteiger partial charge in [-0.1, -0.05) is 18.2 Å². The molecule has 3 aliphatic heterocycles. The van der Waals surface area contributed by atoms with Crippen molar-refractivity contribution in [1.29, 1.82) is 0 Å².